The summed E-state index contributed by atoms with van der Waals surface area (Å²) in [6, 6.07) is 14.5. The molecule has 0 aliphatic rings. The molecule has 0 aliphatic carbocycles. The summed E-state index contributed by atoms with van der Waals surface area (Å²) in [7, 11) is 1.61. The Hall–Kier alpha value is -2.33. The van der Waals surface area contributed by atoms with E-state index in [1.165, 1.54) is 5.56 Å². The largest absolute Gasteiger partial charge is 0.496 e. The van der Waals surface area contributed by atoms with Gasteiger partial charge in [0.15, 0.2) is 0 Å². The molecule has 116 valence electrons. The van der Waals surface area contributed by atoms with Gasteiger partial charge in [-0.1, -0.05) is 49.4 Å². The lowest BCUT2D eigenvalue weighted by molar-refractivity contribution is -0.139. The number of carboxylic acids is 1. The molecule has 4 nitrogen and oxygen atoms in total. The van der Waals surface area contributed by atoms with Crippen molar-refractivity contribution in [3.8, 4) is 5.75 Å². The van der Waals surface area contributed by atoms with Gasteiger partial charge in [0.1, 0.15) is 11.8 Å². The third-order valence-electron chi connectivity index (χ3n) is 3.66. The van der Waals surface area contributed by atoms with E-state index in [9.17, 15) is 9.90 Å². The van der Waals surface area contributed by atoms with Crippen molar-refractivity contribution in [1.82, 2.24) is 5.32 Å². The second kappa shape index (κ2) is 7.61. The third-order valence-corrected chi connectivity index (χ3v) is 3.66. The van der Waals surface area contributed by atoms with E-state index < -0.39 is 12.0 Å². The first-order valence-electron chi connectivity index (χ1n) is 7.32. The van der Waals surface area contributed by atoms with Crippen molar-refractivity contribution >= 4 is 5.97 Å². The van der Waals surface area contributed by atoms with Gasteiger partial charge in [-0.25, -0.2) is 0 Å². The van der Waals surface area contributed by atoms with Gasteiger partial charge < -0.3 is 9.84 Å². The number of methoxy groups -OCH3 is 1. The molecule has 0 bridgehead atoms. The van der Waals surface area contributed by atoms with E-state index >= 15 is 0 Å². The number of benzene rings is 2. The molecule has 1 atom stereocenters. The smallest absolute Gasteiger partial charge is 0.325 e. The quantitative estimate of drug-likeness (QED) is 0.824. The number of aliphatic carboxylic acids is 1. The fourth-order valence-electron chi connectivity index (χ4n) is 2.35. The predicted molar refractivity (Wildman–Crippen MR) is 86.0 cm³/mol. The minimum absolute atomic E-state index is 0.427. The monoisotopic (exact) mass is 299 g/mol. The number of hydrogen-bond donors (Lipinski definition) is 2. The molecule has 0 aromatic heterocycles. The first kappa shape index (κ1) is 16.0. The molecule has 1 unspecified atom stereocenters. The Morgan fingerprint density at radius 2 is 1.86 bits per heavy atom. The van der Waals surface area contributed by atoms with Crippen LogP contribution in [0.3, 0.4) is 0 Å². The molecule has 0 saturated carbocycles. The molecule has 2 N–H and O–H groups in total. The maximum Gasteiger partial charge on any atom is 0.325 e. The number of rotatable bonds is 7. The lowest BCUT2D eigenvalue weighted by Gasteiger charge is -2.16. The SMILES string of the molecule is CCc1ccc(C(NCc2ccccc2OC)C(=O)O)cc1. The number of carboxylic acid groups (broad SMARTS) is 1. The molecule has 0 amide bonds. The molecule has 0 spiro atoms. The van der Waals surface area contributed by atoms with Crippen LogP contribution < -0.4 is 10.1 Å². The van der Waals surface area contributed by atoms with Crippen molar-refractivity contribution in [2.45, 2.75) is 25.9 Å². The standard InChI is InChI=1S/C18H21NO3/c1-3-13-8-10-14(11-9-13)17(18(20)21)19-12-15-6-4-5-7-16(15)22-2/h4-11,17,19H,3,12H2,1-2H3,(H,20,21). The van der Waals surface area contributed by atoms with Crippen molar-refractivity contribution in [2.24, 2.45) is 0 Å². The summed E-state index contributed by atoms with van der Waals surface area (Å²) in [5.74, 6) is -0.139. The molecule has 2 aromatic carbocycles. The second-order valence-electron chi connectivity index (χ2n) is 5.06. The van der Waals surface area contributed by atoms with Crippen LogP contribution in [-0.2, 0) is 17.8 Å². The van der Waals surface area contributed by atoms with Crippen LogP contribution >= 0.6 is 0 Å². The Morgan fingerprint density at radius 3 is 2.45 bits per heavy atom. The Morgan fingerprint density at radius 1 is 1.18 bits per heavy atom. The van der Waals surface area contributed by atoms with Crippen molar-refractivity contribution in [2.75, 3.05) is 7.11 Å². The van der Waals surface area contributed by atoms with Crippen LogP contribution in [0, 0.1) is 0 Å². The fourth-order valence-corrected chi connectivity index (χ4v) is 2.35. The van der Waals surface area contributed by atoms with Crippen LogP contribution in [0.5, 0.6) is 5.75 Å². The average molecular weight is 299 g/mol. The Kier molecular flexibility index (Phi) is 5.55. The van der Waals surface area contributed by atoms with E-state index in [2.05, 4.69) is 12.2 Å². The third kappa shape index (κ3) is 3.86. The Labute approximate surface area is 130 Å². The average Bonchev–Trinajstić information content (AvgIpc) is 2.55. The van der Waals surface area contributed by atoms with Gasteiger partial charge in [0.05, 0.1) is 7.11 Å². The van der Waals surface area contributed by atoms with E-state index in [0.29, 0.717) is 6.54 Å². The van der Waals surface area contributed by atoms with E-state index in [1.54, 1.807) is 7.11 Å². The topological polar surface area (TPSA) is 58.6 Å². The number of nitrogens with one attached hydrogen (secondary N) is 1. The minimum atomic E-state index is -0.890. The van der Waals surface area contributed by atoms with Gasteiger partial charge in [-0.3, -0.25) is 10.1 Å². The van der Waals surface area contributed by atoms with Gasteiger partial charge in [-0.15, -0.1) is 0 Å². The van der Waals surface area contributed by atoms with Gasteiger partial charge in [0.25, 0.3) is 0 Å². The molecule has 0 fully saturated rings. The molecule has 22 heavy (non-hydrogen) atoms. The van der Waals surface area contributed by atoms with E-state index in [-0.39, 0.29) is 0 Å². The fraction of sp³-hybridized carbons (Fsp3) is 0.278. The highest BCUT2D eigenvalue weighted by Gasteiger charge is 2.19. The minimum Gasteiger partial charge on any atom is -0.496 e. The zero-order valence-corrected chi connectivity index (χ0v) is 12.9. The number of aryl methyl sites for hydroxylation is 1. The zero-order chi connectivity index (χ0) is 15.9. The van der Waals surface area contributed by atoms with Gasteiger partial charge in [-0.2, -0.15) is 0 Å². The molecular weight excluding hydrogens is 278 g/mol. The highest BCUT2D eigenvalue weighted by Crippen LogP contribution is 2.20. The summed E-state index contributed by atoms with van der Waals surface area (Å²) in [6.45, 7) is 2.50. The highest BCUT2D eigenvalue weighted by atomic mass is 16.5. The van der Waals surface area contributed by atoms with Crippen LogP contribution in [0.2, 0.25) is 0 Å². The van der Waals surface area contributed by atoms with Crippen molar-refractivity contribution in [3.05, 3.63) is 65.2 Å². The summed E-state index contributed by atoms with van der Waals surface area (Å²) in [5, 5.41) is 12.5. The van der Waals surface area contributed by atoms with E-state index in [1.807, 2.05) is 48.5 Å². The summed E-state index contributed by atoms with van der Waals surface area (Å²) in [4.78, 5) is 11.5. The van der Waals surface area contributed by atoms with Crippen LogP contribution in [0.1, 0.15) is 29.7 Å². The number of para-hydroxylation sites is 1. The zero-order valence-electron chi connectivity index (χ0n) is 12.9. The summed E-state index contributed by atoms with van der Waals surface area (Å²) < 4.78 is 5.29. The maximum atomic E-state index is 11.5. The lowest BCUT2D eigenvalue weighted by atomic mass is 10.0. The summed E-state index contributed by atoms with van der Waals surface area (Å²) in [6.07, 6.45) is 0.937. The van der Waals surface area contributed by atoms with Crippen molar-refractivity contribution in [1.29, 1.82) is 0 Å². The molecule has 0 saturated heterocycles. The summed E-state index contributed by atoms with van der Waals surface area (Å²) >= 11 is 0. The van der Waals surface area contributed by atoms with E-state index in [0.717, 1.165) is 23.3 Å². The Bertz CT molecular complexity index is 622. The molecule has 2 rings (SSSR count). The van der Waals surface area contributed by atoms with Crippen molar-refractivity contribution in [3.63, 3.8) is 0 Å². The van der Waals surface area contributed by atoms with Gasteiger partial charge in [0.2, 0.25) is 0 Å². The van der Waals surface area contributed by atoms with Crippen LogP contribution in [0.4, 0.5) is 0 Å². The normalized spacial score (nSPS) is 11.9. The molecule has 4 heteroatoms. The highest BCUT2D eigenvalue weighted by molar-refractivity contribution is 5.75. The molecule has 0 heterocycles. The van der Waals surface area contributed by atoms with Crippen LogP contribution in [0.25, 0.3) is 0 Å². The van der Waals surface area contributed by atoms with Gasteiger partial charge in [0, 0.05) is 12.1 Å². The molecular formula is C18H21NO3. The molecule has 0 radical (unpaired) electrons. The van der Waals surface area contributed by atoms with Crippen LogP contribution in [0.15, 0.2) is 48.5 Å². The van der Waals surface area contributed by atoms with E-state index in [4.69, 9.17) is 4.74 Å². The number of ether oxygens (including phenoxy) is 1. The molecule has 0 aliphatic heterocycles. The van der Waals surface area contributed by atoms with Crippen LogP contribution in [-0.4, -0.2) is 18.2 Å². The second-order valence-corrected chi connectivity index (χ2v) is 5.06. The maximum absolute atomic E-state index is 11.5. The number of carbonyl (C=O) groups is 1. The predicted octanol–water partition coefficient (Wildman–Crippen LogP) is 3.17. The van der Waals surface area contributed by atoms with Crippen molar-refractivity contribution < 1.29 is 14.6 Å². The first-order valence-corrected chi connectivity index (χ1v) is 7.32. The number of hydrogen-bond acceptors (Lipinski definition) is 3. The van der Waals surface area contributed by atoms with Gasteiger partial charge in [-0.05, 0) is 23.6 Å². The lowest BCUT2D eigenvalue weighted by Crippen LogP contribution is -2.28. The molecule has 2 aromatic rings. The first-order chi connectivity index (χ1) is 10.7. The summed E-state index contributed by atoms with van der Waals surface area (Å²) in [5.41, 5.74) is 2.87. The van der Waals surface area contributed by atoms with Gasteiger partial charge >= 0.3 is 5.97 Å². The Balaban J connectivity index is 2.13.